The van der Waals surface area contributed by atoms with Crippen LogP contribution in [0.4, 0.5) is 4.39 Å². The quantitative estimate of drug-likeness (QED) is 0.376. The molecule has 0 unspecified atom stereocenters. The fraction of sp³-hybridized carbons (Fsp3) is 1.00. The van der Waals surface area contributed by atoms with Crippen molar-refractivity contribution in [2.45, 2.75) is 122 Å². The molecular weight excluding hydrogens is 331 g/mol. The Bertz CT molecular complexity index is 368. The van der Waals surface area contributed by atoms with Crippen LogP contribution in [0.5, 0.6) is 0 Å². The SMILES string of the molecule is CCCC1CCC(C2CCC(CCC3CCC(CCCF)CC3)CC2)CC1. The van der Waals surface area contributed by atoms with Crippen molar-refractivity contribution >= 4 is 0 Å². The lowest BCUT2D eigenvalue weighted by molar-refractivity contribution is 0.136. The Kier molecular flexibility index (Phi) is 9.47. The normalized spacial score (nSPS) is 38.0. The molecule has 0 aromatic heterocycles. The molecule has 0 amide bonds. The van der Waals surface area contributed by atoms with Crippen molar-refractivity contribution in [3.8, 4) is 0 Å². The van der Waals surface area contributed by atoms with E-state index in [0.29, 0.717) is 0 Å². The molecule has 0 N–H and O–H groups in total. The van der Waals surface area contributed by atoms with E-state index in [2.05, 4.69) is 6.92 Å². The third-order valence-corrected chi connectivity index (χ3v) is 8.84. The van der Waals surface area contributed by atoms with Gasteiger partial charge in [0, 0.05) is 0 Å². The van der Waals surface area contributed by atoms with Crippen LogP contribution in [0.3, 0.4) is 0 Å². The van der Waals surface area contributed by atoms with Crippen LogP contribution in [-0.2, 0) is 0 Å². The Morgan fingerprint density at radius 3 is 1.30 bits per heavy atom. The van der Waals surface area contributed by atoms with Crippen molar-refractivity contribution < 1.29 is 4.39 Å². The summed E-state index contributed by atoms with van der Waals surface area (Å²) in [7, 11) is 0. The van der Waals surface area contributed by atoms with Crippen LogP contribution < -0.4 is 0 Å². The first kappa shape index (κ1) is 21.6. The minimum atomic E-state index is -0.108. The van der Waals surface area contributed by atoms with Gasteiger partial charge in [-0.2, -0.15) is 0 Å². The smallest absolute Gasteiger partial charge is 0.0894 e. The molecule has 3 aliphatic carbocycles. The van der Waals surface area contributed by atoms with Gasteiger partial charge in [0.25, 0.3) is 0 Å². The topological polar surface area (TPSA) is 0 Å². The fourth-order valence-corrected chi connectivity index (χ4v) is 6.95. The van der Waals surface area contributed by atoms with Gasteiger partial charge in [0.05, 0.1) is 6.67 Å². The summed E-state index contributed by atoms with van der Waals surface area (Å²) in [6, 6.07) is 0. The second kappa shape index (κ2) is 11.8. The van der Waals surface area contributed by atoms with Crippen molar-refractivity contribution in [3.63, 3.8) is 0 Å². The van der Waals surface area contributed by atoms with Crippen LogP contribution in [0.15, 0.2) is 0 Å². The summed E-state index contributed by atoms with van der Waals surface area (Å²) >= 11 is 0. The van der Waals surface area contributed by atoms with Crippen LogP contribution in [-0.4, -0.2) is 6.67 Å². The minimum Gasteiger partial charge on any atom is -0.251 e. The van der Waals surface area contributed by atoms with E-state index in [4.69, 9.17) is 0 Å². The van der Waals surface area contributed by atoms with Gasteiger partial charge in [-0.25, -0.2) is 0 Å². The van der Waals surface area contributed by atoms with Crippen LogP contribution >= 0.6 is 0 Å². The molecule has 3 rings (SSSR count). The monoisotopic (exact) mass is 378 g/mol. The molecule has 27 heavy (non-hydrogen) atoms. The van der Waals surface area contributed by atoms with E-state index >= 15 is 0 Å². The maximum atomic E-state index is 12.3. The summed E-state index contributed by atoms with van der Waals surface area (Å²) < 4.78 is 12.3. The first-order valence-corrected chi connectivity index (χ1v) is 12.8. The summed E-state index contributed by atoms with van der Waals surface area (Å²) in [5.41, 5.74) is 0. The third kappa shape index (κ3) is 7.04. The number of alkyl halides is 1. The molecule has 0 aliphatic heterocycles. The predicted octanol–water partition coefficient (Wildman–Crippen LogP) is 8.74. The third-order valence-electron chi connectivity index (χ3n) is 8.84. The highest BCUT2D eigenvalue weighted by Gasteiger charge is 2.31. The highest BCUT2D eigenvalue weighted by molar-refractivity contribution is 4.82. The van der Waals surface area contributed by atoms with Gasteiger partial charge in [-0.05, 0) is 74.0 Å². The molecule has 0 nitrogen and oxygen atoms in total. The summed E-state index contributed by atoms with van der Waals surface area (Å²) in [4.78, 5) is 0. The zero-order valence-electron chi connectivity index (χ0n) is 18.3. The molecule has 0 atom stereocenters. The number of rotatable bonds is 9. The fourth-order valence-electron chi connectivity index (χ4n) is 6.95. The van der Waals surface area contributed by atoms with Gasteiger partial charge in [0.1, 0.15) is 0 Å². The minimum absolute atomic E-state index is 0.108. The van der Waals surface area contributed by atoms with Crippen molar-refractivity contribution in [2.75, 3.05) is 6.67 Å². The standard InChI is InChI=1S/C26H47F/c1-2-4-21-12-16-25(17-13-21)26-18-14-24(15-19-26)11-10-23-8-6-22(7-9-23)5-3-20-27/h21-26H,2-20H2,1H3. The molecule has 0 aromatic carbocycles. The Hall–Kier alpha value is -0.0700. The summed E-state index contributed by atoms with van der Waals surface area (Å²) in [5, 5.41) is 0. The molecule has 3 fully saturated rings. The Morgan fingerprint density at radius 2 is 0.889 bits per heavy atom. The lowest BCUT2D eigenvalue weighted by atomic mass is 9.68. The molecule has 158 valence electrons. The van der Waals surface area contributed by atoms with Crippen LogP contribution in [0.25, 0.3) is 0 Å². The summed E-state index contributed by atoms with van der Waals surface area (Å²) in [6.45, 7) is 2.24. The predicted molar refractivity (Wildman–Crippen MR) is 116 cm³/mol. The second-order valence-electron chi connectivity index (χ2n) is 10.6. The lowest BCUT2D eigenvalue weighted by Gasteiger charge is -2.38. The lowest BCUT2D eigenvalue weighted by Crippen LogP contribution is -2.26. The van der Waals surface area contributed by atoms with Gasteiger partial charge < -0.3 is 0 Å². The maximum Gasteiger partial charge on any atom is 0.0894 e. The van der Waals surface area contributed by atoms with Gasteiger partial charge in [0.15, 0.2) is 0 Å². The van der Waals surface area contributed by atoms with E-state index < -0.39 is 0 Å². The zero-order chi connectivity index (χ0) is 18.9. The van der Waals surface area contributed by atoms with Gasteiger partial charge in [0.2, 0.25) is 0 Å². The summed E-state index contributed by atoms with van der Waals surface area (Å²) in [6.07, 6.45) is 25.8. The zero-order valence-corrected chi connectivity index (χ0v) is 18.3. The molecule has 0 heterocycles. The first-order chi connectivity index (χ1) is 13.3. The average Bonchev–Trinajstić information content (AvgIpc) is 2.73. The molecule has 0 aromatic rings. The summed E-state index contributed by atoms with van der Waals surface area (Å²) in [5.74, 6) is 6.11. The van der Waals surface area contributed by atoms with Crippen molar-refractivity contribution in [3.05, 3.63) is 0 Å². The number of halogens is 1. The van der Waals surface area contributed by atoms with Gasteiger partial charge in [-0.1, -0.05) is 84.0 Å². The van der Waals surface area contributed by atoms with E-state index in [1.807, 2.05) is 0 Å². The van der Waals surface area contributed by atoms with E-state index in [0.717, 1.165) is 48.3 Å². The largest absolute Gasteiger partial charge is 0.251 e. The Morgan fingerprint density at radius 1 is 0.519 bits per heavy atom. The highest BCUT2D eigenvalue weighted by atomic mass is 19.1. The van der Waals surface area contributed by atoms with Crippen molar-refractivity contribution in [1.29, 1.82) is 0 Å². The Labute approximate surface area is 169 Å². The molecule has 0 radical (unpaired) electrons. The molecule has 3 aliphatic rings. The Balaban J connectivity index is 1.26. The van der Waals surface area contributed by atoms with E-state index in [1.165, 1.54) is 77.0 Å². The maximum absolute atomic E-state index is 12.3. The van der Waals surface area contributed by atoms with Gasteiger partial charge in [-0.3, -0.25) is 4.39 Å². The number of hydrogen-bond acceptors (Lipinski definition) is 0. The molecular formula is C26H47F. The van der Waals surface area contributed by atoms with E-state index in [-0.39, 0.29) is 6.67 Å². The molecule has 3 saturated carbocycles. The van der Waals surface area contributed by atoms with E-state index in [1.54, 1.807) is 25.7 Å². The van der Waals surface area contributed by atoms with Gasteiger partial charge in [-0.15, -0.1) is 0 Å². The molecule has 0 spiro atoms. The van der Waals surface area contributed by atoms with Crippen molar-refractivity contribution in [2.24, 2.45) is 35.5 Å². The number of hydrogen-bond donors (Lipinski definition) is 0. The molecule has 1 heteroatoms. The van der Waals surface area contributed by atoms with Crippen molar-refractivity contribution in [1.82, 2.24) is 0 Å². The van der Waals surface area contributed by atoms with Crippen LogP contribution in [0.1, 0.15) is 122 Å². The van der Waals surface area contributed by atoms with Crippen LogP contribution in [0.2, 0.25) is 0 Å². The van der Waals surface area contributed by atoms with E-state index in [9.17, 15) is 4.39 Å². The molecule has 0 bridgehead atoms. The van der Waals surface area contributed by atoms with Crippen LogP contribution in [0, 0.1) is 35.5 Å². The average molecular weight is 379 g/mol. The molecule has 0 saturated heterocycles. The van der Waals surface area contributed by atoms with Gasteiger partial charge >= 0.3 is 0 Å². The highest BCUT2D eigenvalue weighted by Crippen LogP contribution is 2.43. The second-order valence-corrected chi connectivity index (χ2v) is 10.6. The first-order valence-electron chi connectivity index (χ1n) is 12.8.